The predicted octanol–water partition coefficient (Wildman–Crippen LogP) is 4.15. The van der Waals surface area contributed by atoms with E-state index in [1.807, 2.05) is 48.7 Å². The lowest BCUT2D eigenvalue weighted by atomic mass is 10.1. The average molecular weight is 479 g/mol. The van der Waals surface area contributed by atoms with E-state index in [0.29, 0.717) is 36.8 Å². The highest BCUT2D eigenvalue weighted by Crippen LogP contribution is 2.22. The second kappa shape index (κ2) is 11.2. The maximum absolute atomic E-state index is 12.7. The van der Waals surface area contributed by atoms with Crippen molar-refractivity contribution in [3.8, 4) is 6.07 Å². The summed E-state index contributed by atoms with van der Waals surface area (Å²) in [5.74, 6) is 0.974. The minimum atomic E-state index is 0. The van der Waals surface area contributed by atoms with Gasteiger partial charge in [0.25, 0.3) is 0 Å². The monoisotopic (exact) mass is 477 g/mol. The van der Waals surface area contributed by atoms with Gasteiger partial charge in [-0.05, 0) is 35.9 Å². The smallest absolute Gasteiger partial charge is 0.241 e. The van der Waals surface area contributed by atoms with Crippen LogP contribution in [0.4, 0.5) is 5.69 Å². The van der Waals surface area contributed by atoms with Crippen molar-refractivity contribution in [1.82, 2.24) is 14.5 Å². The number of hydrogen-bond acceptors (Lipinski definition) is 4. The van der Waals surface area contributed by atoms with Crippen LogP contribution in [0.25, 0.3) is 0 Å². The van der Waals surface area contributed by atoms with Gasteiger partial charge in [-0.25, -0.2) is 4.98 Å². The molecule has 2 heterocycles. The van der Waals surface area contributed by atoms with Crippen LogP contribution in [0.5, 0.6) is 0 Å². The van der Waals surface area contributed by atoms with Gasteiger partial charge in [0.05, 0.1) is 24.7 Å². The number of amides is 1. The molecule has 31 heavy (non-hydrogen) atoms. The summed E-state index contributed by atoms with van der Waals surface area (Å²) in [7, 11) is 0. The Kier molecular flexibility index (Phi) is 8.90. The van der Waals surface area contributed by atoms with Gasteiger partial charge in [-0.3, -0.25) is 9.69 Å². The quantitative estimate of drug-likeness (QED) is 0.552. The number of imidazole rings is 1. The van der Waals surface area contributed by atoms with E-state index in [0.717, 1.165) is 23.6 Å². The van der Waals surface area contributed by atoms with Crippen LogP contribution >= 0.6 is 36.4 Å². The zero-order valence-electron chi connectivity index (χ0n) is 16.6. The van der Waals surface area contributed by atoms with Gasteiger partial charge in [0.15, 0.2) is 0 Å². The van der Waals surface area contributed by atoms with E-state index >= 15 is 0 Å². The number of nitriles is 1. The highest BCUT2D eigenvalue weighted by Gasteiger charge is 2.26. The number of piperazine rings is 1. The largest absolute Gasteiger partial charge is 0.329 e. The predicted molar refractivity (Wildman–Crippen MR) is 126 cm³/mol. The van der Waals surface area contributed by atoms with Crippen LogP contribution in [0, 0.1) is 11.3 Å². The van der Waals surface area contributed by atoms with Crippen molar-refractivity contribution in [2.45, 2.75) is 13.1 Å². The van der Waals surface area contributed by atoms with E-state index in [1.165, 1.54) is 0 Å². The summed E-state index contributed by atoms with van der Waals surface area (Å²) in [6, 6.07) is 17.1. The Morgan fingerprint density at radius 2 is 1.84 bits per heavy atom. The zero-order chi connectivity index (χ0) is 20.2. The Bertz CT molecular complexity index is 1060. The van der Waals surface area contributed by atoms with Crippen molar-refractivity contribution in [3.63, 3.8) is 0 Å². The molecular formula is C22H22Cl3N5O. The molecule has 0 unspecified atom stereocenters. The SMILES string of the molecule is Cl.Cl.N#Cc1ccc(Cn2ccnc2CN2CCN(c3cccc(Cl)c3)C(=O)C2)cc1. The molecule has 1 saturated heterocycles. The van der Waals surface area contributed by atoms with Gasteiger partial charge in [-0.1, -0.05) is 29.8 Å². The number of anilines is 1. The normalized spacial score (nSPS) is 13.8. The molecule has 0 saturated carbocycles. The summed E-state index contributed by atoms with van der Waals surface area (Å²) in [5, 5.41) is 9.56. The van der Waals surface area contributed by atoms with Gasteiger partial charge in [-0.2, -0.15) is 5.26 Å². The fourth-order valence-corrected chi connectivity index (χ4v) is 3.68. The first-order chi connectivity index (χ1) is 14.1. The lowest BCUT2D eigenvalue weighted by Crippen LogP contribution is -2.50. The van der Waals surface area contributed by atoms with Gasteiger partial charge in [-0.15, -0.1) is 24.8 Å². The maximum atomic E-state index is 12.7. The highest BCUT2D eigenvalue weighted by atomic mass is 35.5. The third kappa shape index (κ3) is 5.99. The summed E-state index contributed by atoms with van der Waals surface area (Å²) in [6.45, 7) is 3.02. The summed E-state index contributed by atoms with van der Waals surface area (Å²) in [6.07, 6.45) is 3.72. The molecule has 1 fully saturated rings. The van der Waals surface area contributed by atoms with Crippen LogP contribution < -0.4 is 4.90 Å². The molecule has 162 valence electrons. The second-order valence-corrected chi connectivity index (χ2v) is 7.45. The molecule has 1 aliphatic heterocycles. The van der Waals surface area contributed by atoms with Crippen LogP contribution in [0.3, 0.4) is 0 Å². The highest BCUT2D eigenvalue weighted by molar-refractivity contribution is 6.30. The van der Waals surface area contributed by atoms with E-state index < -0.39 is 0 Å². The Labute approximate surface area is 198 Å². The number of halogens is 3. The van der Waals surface area contributed by atoms with Gasteiger partial charge < -0.3 is 9.47 Å². The van der Waals surface area contributed by atoms with E-state index in [9.17, 15) is 4.79 Å². The number of carbonyl (C=O) groups is 1. The van der Waals surface area contributed by atoms with Crippen LogP contribution in [-0.4, -0.2) is 40.0 Å². The Morgan fingerprint density at radius 1 is 1.06 bits per heavy atom. The number of nitrogens with zero attached hydrogens (tertiary/aromatic N) is 5. The number of rotatable bonds is 5. The molecule has 1 aromatic heterocycles. The molecule has 0 atom stereocenters. The van der Waals surface area contributed by atoms with Crippen molar-refractivity contribution in [1.29, 1.82) is 5.26 Å². The third-order valence-electron chi connectivity index (χ3n) is 5.02. The minimum Gasteiger partial charge on any atom is -0.329 e. The van der Waals surface area contributed by atoms with Gasteiger partial charge in [0.1, 0.15) is 5.82 Å². The number of hydrogen-bond donors (Lipinski definition) is 0. The minimum absolute atomic E-state index is 0. The Hall–Kier alpha value is -2.56. The number of carbonyl (C=O) groups excluding carboxylic acids is 1. The molecule has 0 radical (unpaired) electrons. The van der Waals surface area contributed by atoms with Crippen LogP contribution in [0.1, 0.15) is 17.0 Å². The van der Waals surface area contributed by atoms with Crippen molar-refractivity contribution in [2.24, 2.45) is 0 Å². The molecule has 2 aromatic carbocycles. The Morgan fingerprint density at radius 3 is 2.52 bits per heavy atom. The van der Waals surface area contributed by atoms with Crippen LogP contribution in [0.2, 0.25) is 5.02 Å². The molecule has 0 aliphatic carbocycles. The van der Waals surface area contributed by atoms with Gasteiger partial charge in [0, 0.05) is 42.7 Å². The second-order valence-electron chi connectivity index (χ2n) is 7.02. The summed E-state index contributed by atoms with van der Waals surface area (Å²) in [5.41, 5.74) is 2.59. The summed E-state index contributed by atoms with van der Waals surface area (Å²) >= 11 is 6.06. The molecule has 1 amide bonds. The van der Waals surface area contributed by atoms with Crippen molar-refractivity contribution in [3.05, 3.63) is 82.9 Å². The zero-order valence-corrected chi connectivity index (χ0v) is 19.0. The fraction of sp³-hybridized carbons (Fsp3) is 0.227. The third-order valence-corrected chi connectivity index (χ3v) is 5.26. The molecule has 4 rings (SSSR count). The van der Waals surface area contributed by atoms with Crippen LogP contribution in [0.15, 0.2) is 60.9 Å². The number of benzene rings is 2. The summed E-state index contributed by atoms with van der Waals surface area (Å²) < 4.78 is 2.08. The molecule has 0 N–H and O–H groups in total. The van der Waals surface area contributed by atoms with E-state index in [2.05, 4.69) is 20.5 Å². The maximum Gasteiger partial charge on any atom is 0.241 e. The molecular weight excluding hydrogens is 457 g/mol. The van der Waals surface area contributed by atoms with E-state index in [-0.39, 0.29) is 30.7 Å². The number of aromatic nitrogens is 2. The first-order valence-corrected chi connectivity index (χ1v) is 9.77. The summed E-state index contributed by atoms with van der Waals surface area (Å²) in [4.78, 5) is 21.0. The van der Waals surface area contributed by atoms with Crippen molar-refractivity contribution in [2.75, 3.05) is 24.5 Å². The molecule has 3 aromatic rings. The molecule has 1 aliphatic rings. The van der Waals surface area contributed by atoms with E-state index in [4.69, 9.17) is 16.9 Å². The lowest BCUT2D eigenvalue weighted by molar-refractivity contribution is -0.121. The first kappa shape index (κ1) is 24.7. The van der Waals surface area contributed by atoms with Gasteiger partial charge >= 0.3 is 0 Å². The van der Waals surface area contributed by atoms with Crippen LogP contribution in [-0.2, 0) is 17.9 Å². The van der Waals surface area contributed by atoms with Crippen molar-refractivity contribution >= 4 is 48.0 Å². The Balaban J connectivity index is 0.00000171. The van der Waals surface area contributed by atoms with Crippen molar-refractivity contribution < 1.29 is 4.79 Å². The topological polar surface area (TPSA) is 65.2 Å². The molecule has 0 bridgehead atoms. The fourth-order valence-electron chi connectivity index (χ4n) is 3.49. The molecule has 6 nitrogen and oxygen atoms in total. The molecule has 9 heteroatoms. The average Bonchev–Trinajstić information content (AvgIpc) is 3.15. The van der Waals surface area contributed by atoms with Gasteiger partial charge in [0.2, 0.25) is 5.91 Å². The molecule has 0 spiro atoms. The lowest BCUT2D eigenvalue weighted by Gasteiger charge is -2.34. The van der Waals surface area contributed by atoms with E-state index in [1.54, 1.807) is 17.2 Å². The first-order valence-electron chi connectivity index (χ1n) is 9.40. The standard InChI is InChI=1S/C22H20ClN5O.2ClH/c23-19-2-1-3-20(12-19)28-11-10-26(16-22(28)29)15-21-25-8-9-27(21)14-18-6-4-17(13-24)5-7-18;;/h1-9,12H,10-11,14-16H2;2*1H.